The van der Waals surface area contributed by atoms with Crippen LogP contribution in [0.25, 0.3) is 0 Å². The summed E-state index contributed by atoms with van der Waals surface area (Å²) < 4.78 is 5.86. The molecule has 1 saturated carbocycles. The maximum absolute atomic E-state index is 12.4. The van der Waals surface area contributed by atoms with Crippen molar-refractivity contribution in [3.05, 3.63) is 21.9 Å². The fourth-order valence-corrected chi connectivity index (χ4v) is 3.81. The Morgan fingerprint density at radius 2 is 2.30 bits per heavy atom. The molecule has 0 aromatic carbocycles. The highest BCUT2D eigenvalue weighted by atomic mass is 32.1. The van der Waals surface area contributed by atoms with E-state index in [2.05, 4.69) is 24.4 Å². The Balaban J connectivity index is 1.58. The van der Waals surface area contributed by atoms with Crippen molar-refractivity contribution in [3.63, 3.8) is 0 Å². The van der Waals surface area contributed by atoms with Crippen molar-refractivity contribution in [1.82, 2.24) is 10.2 Å². The maximum Gasteiger partial charge on any atom is 0.318 e. The third kappa shape index (κ3) is 2.69. The molecule has 1 N–H and O–H groups in total. The van der Waals surface area contributed by atoms with Crippen molar-refractivity contribution in [2.45, 2.75) is 44.8 Å². The van der Waals surface area contributed by atoms with Gasteiger partial charge in [0.25, 0.3) is 0 Å². The van der Waals surface area contributed by atoms with E-state index < -0.39 is 0 Å². The van der Waals surface area contributed by atoms with Gasteiger partial charge in [-0.05, 0) is 45.2 Å². The molecule has 1 saturated heterocycles. The number of urea groups is 1. The smallest absolute Gasteiger partial charge is 0.318 e. The number of morpholine rings is 1. The molecule has 1 spiro atoms. The van der Waals surface area contributed by atoms with E-state index in [1.54, 1.807) is 11.3 Å². The minimum Gasteiger partial charge on any atom is -0.371 e. The lowest BCUT2D eigenvalue weighted by atomic mass is 9.79. The van der Waals surface area contributed by atoms with Gasteiger partial charge in [-0.2, -0.15) is 0 Å². The Kier molecular flexibility index (Phi) is 3.73. The van der Waals surface area contributed by atoms with Crippen LogP contribution in [-0.4, -0.2) is 36.2 Å². The molecule has 1 unspecified atom stereocenters. The molecule has 1 aromatic heterocycles. The molecule has 2 aliphatic rings. The van der Waals surface area contributed by atoms with E-state index in [0.717, 1.165) is 19.4 Å². The summed E-state index contributed by atoms with van der Waals surface area (Å²) in [6, 6.07) is 4.30. The molecular weight excluding hydrogens is 272 g/mol. The molecule has 1 aliphatic heterocycles. The van der Waals surface area contributed by atoms with E-state index >= 15 is 0 Å². The van der Waals surface area contributed by atoms with Crippen LogP contribution in [0.3, 0.4) is 0 Å². The summed E-state index contributed by atoms with van der Waals surface area (Å²) in [5, 5.41) is 3.11. The first-order chi connectivity index (χ1) is 9.58. The van der Waals surface area contributed by atoms with Crippen LogP contribution in [0.15, 0.2) is 12.1 Å². The minimum atomic E-state index is -0.0294. The van der Waals surface area contributed by atoms with Gasteiger partial charge in [0.1, 0.15) is 0 Å². The Bertz CT molecular complexity index is 496. The van der Waals surface area contributed by atoms with Crippen molar-refractivity contribution in [3.8, 4) is 0 Å². The van der Waals surface area contributed by atoms with Crippen LogP contribution in [0.4, 0.5) is 4.79 Å². The Morgan fingerprint density at radius 1 is 1.50 bits per heavy atom. The molecule has 1 aromatic rings. The lowest BCUT2D eigenvalue weighted by Crippen LogP contribution is -2.58. The van der Waals surface area contributed by atoms with E-state index in [1.165, 1.54) is 16.2 Å². The number of hydrogen-bond acceptors (Lipinski definition) is 3. The van der Waals surface area contributed by atoms with Crippen LogP contribution in [0.2, 0.25) is 0 Å². The largest absolute Gasteiger partial charge is 0.371 e. The highest BCUT2D eigenvalue weighted by Gasteiger charge is 2.43. The van der Waals surface area contributed by atoms with Crippen molar-refractivity contribution in [2.24, 2.45) is 0 Å². The second-order valence-corrected chi connectivity index (χ2v) is 7.25. The minimum absolute atomic E-state index is 0.0294. The fraction of sp³-hybridized carbons (Fsp3) is 0.667. The van der Waals surface area contributed by atoms with Crippen molar-refractivity contribution in [1.29, 1.82) is 0 Å². The summed E-state index contributed by atoms with van der Waals surface area (Å²) in [6.45, 7) is 6.24. The Morgan fingerprint density at radius 3 is 2.90 bits per heavy atom. The third-order valence-electron chi connectivity index (χ3n) is 4.33. The first kappa shape index (κ1) is 13.9. The zero-order chi connectivity index (χ0) is 14.2. The summed E-state index contributed by atoms with van der Waals surface area (Å²) in [4.78, 5) is 16.8. The zero-order valence-corrected chi connectivity index (χ0v) is 13.0. The average Bonchev–Trinajstić information content (AvgIpc) is 2.84. The lowest BCUT2D eigenvalue weighted by Gasteiger charge is -2.48. The van der Waals surface area contributed by atoms with Gasteiger partial charge < -0.3 is 15.0 Å². The van der Waals surface area contributed by atoms with Crippen molar-refractivity contribution < 1.29 is 9.53 Å². The monoisotopic (exact) mass is 294 g/mol. The predicted molar refractivity (Wildman–Crippen MR) is 80.1 cm³/mol. The molecule has 0 radical (unpaired) electrons. The first-order valence-electron chi connectivity index (χ1n) is 7.34. The van der Waals surface area contributed by atoms with Gasteiger partial charge >= 0.3 is 6.03 Å². The van der Waals surface area contributed by atoms with Crippen LogP contribution < -0.4 is 5.32 Å². The van der Waals surface area contributed by atoms with Gasteiger partial charge in [0.15, 0.2) is 0 Å². The first-order valence-corrected chi connectivity index (χ1v) is 8.15. The van der Waals surface area contributed by atoms with E-state index in [4.69, 9.17) is 4.74 Å². The molecule has 2 fully saturated rings. The number of thiophene rings is 1. The van der Waals surface area contributed by atoms with Crippen LogP contribution in [0.1, 0.15) is 42.0 Å². The second-order valence-electron chi connectivity index (χ2n) is 5.93. The van der Waals surface area contributed by atoms with Gasteiger partial charge in [0.05, 0.1) is 24.8 Å². The molecule has 1 aliphatic carbocycles. The van der Waals surface area contributed by atoms with Gasteiger partial charge in [0.2, 0.25) is 0 Å². The maximum atomic E-state index is 12.4. The Labute approximate surface area is 124 Å². The highest BCUT2D eigenvalue weighted by Crippen LogP contribution is 2.38. The molecule has 5 heteroatoms. The average molecular weight is 294 g/mol. The number of amides is 2. The molecule has 3 rings (SSSR count). The summed E-state index contributed by atoms with van der Waals surface area (Å²) in [5.41, 5.74) is -0.0294. The van der Waals surface area contributed by atoms with Gasteiger partial charge in [0, 0.05) is 16.3 Å². The van der Waals surface area contributed by atoms with Crippen LogP contribution in [0.5, 0.6) is 0 Å². The summed E-state index contributed by atoms with van der Waals surface area (Å²) in [5.74, 6) is 0. The fourth-order valence-electron chi connectivity index (χ4n) is 2.93. The predicted octanol–water partition coefficient (Wildman–Crippen LogP) is 3.08. The molecular formula is C15H22N2O2S. The quantitative estimate of drug-likeness (QED) is 0.910. The number of carbonyl (C=O) groups excluding carboxylic acids is 1. The number of nitrogens with zero attached hydrogens (tertiary/aromatic N) is 1. The van der Waals surface area contributed by atoms with Crippen LogP contribution in [-0.2, 0) is 4.74 Å². The van der Waals surface area contributed by atoms with Crippen molar-refractivity contribution >= 4 is 17.4 Å². The van der Waals surface area contributed by atoms with Crippen LogP contribution in [0, 0.1) is 6.92 Å². The number of ether oxygens (including phenoxy) is 1. The molecule has 110 valence electrons. The highest BCUT2D eigenvalue weighted by molar-refractivity contribution is 7.12. The van der Waals surface area contributed by atoms with Gasteiger partial charge in [-0.25, -0.2) is 4.79 Å². The molecule has 1 atom stereocenters. The van der Waals surface area contributed by atoms with Crippen LogP contribution >= 0.6 is 11.3 Å². The normalized spacial score (nSPS) is 22.4. The zero-order valence-electron chi connectivity index (χ0n) is 12.1. The molecule has 2 heterocycles. The number of hydrogen-bond donors (Lipinski definition) is 1. The third-order valence-corrected chi connectivity index (χ3v) is 5.51. The number of carbonyl (C=O) groups is 1. The van der Waals surface area contributed by atoms with Gasteiger partial charge in [-0.1, -0.05) is 0 Å². The molecule has 20 heavy (non-hydrogen) atoms. The summed E-state index contributed by atoms with van der Waals surface area (Å²) >= 11 is 1.74. The van der Waals surface area contributed by atoms with E-state index in [9.17, 15) is 4.79 Å². The lowest BCUT2D eigenvalue weighted by molar-refractivity contribution is -0.141. The van der Waals surface area contributed by atoms with Crippen molar-refractivity contribution in [2.75, 3.05) is 19.7 Å². The standard InChI is InChI=1S/C15H22N2O2S/c1-11-4-5-13(20-11)12(2)16-14(18)17-8-9-19-15(10-17)6-3-7-15/h4-5,12H,3,6-10H2,1-2H3,(H,16,18). The number of nitrogens with one attached hydrogen (secondary N) is 1. The second kappa shape index (κ2) is 5.37. The SMILES string of the molecule is Cc1ccc(C(C)NC(=O)N2CCOC3(CCC3)C2)s1. The van der Waals surface area contributed by atoms with Gasteiger partial charge in [-0.3, -0.25) is 0 Å². The molecule has 2 amide bonds. The summed E-state index contributed by atoms with van der Waals surface area (Å²) in [6.07, 6.45) is 3.41. The van der Waals surface area contributed by atoms with E-state index in [-0.39, 0.29) is 17.7 Å². The topological polar surface area (TPSA) is 41.6 Å². The number of rotatable bonds is 2. The molecule has 0 bridgehead atoms. The van der Waals surface area contributed by atoms with E-state index in [1.807, 2.05) is 11.8 Å². The van der Waals surface area contributed by atoms with Gasteiger partial charge in [-0.15, -0.1) is 11.3 Å². The Hall–Kier alpha value is -1.07. The van der Waals surface area contributed by atoms with E-state index in [0.29, 0.717) is 13.2 Å². The number of aryl methyl sites for hydroxylation is 1. The molecule has 4 nitrogen and oxygen atoms in total. The summed E-state index contributed by atoms with van der Waals surface area (Å²) in [7, 11) is 0.